The third kappa shape index (κ3) is 2.43. The number of piperazine rings is 1. The number of hydrogen-bond acceptors (Lipinski definition) is 3. The van der Waals surface area contributed by atoms with Gasteiger partial charge in [0.05, 0.1) is 11.6 Å². The van der Waals surface area contributed by atoms with Crippen molar-refractivity contribution in [3.05, 3.63) is 29.3 Å². The molecule has 120 valence electrons. The topological polar surface area (TPSA) is 41.6 Å². The van der Waals surface area contributed by atoms with Gasteiger partial charge in [-0.15, -0.1) is 13.2 Å². The lowest BCUT2D eigenvalue weighted by Crippen LogP contribution is -2.54. The molecule has 4 nitrogen and oxygen atoms in total. The molecule has 0 radical (unpaired) electrons. The Kier molecular flexibility index (Phi) is 3.55. The van der Waals surface area contributed by atoms with Crippen LogP contribution in [0.25, 0.3) is 0 Å². The Hall–Kier alpha value is -1.76. The minimum atomic E-state index is -4.81. The fourth-order valence-electron chi connectivity index (χ4n) is 3.30. The molecule has 2 aliphatic rings. The van der Waals surface area contributed by atoms with Crippen LogP contribution in [0.2, 0.25) is 0 Å². The first-order chi connectivity index (χ1) is 10.3. The Morgan fingerprint density at radius 2 is 2.05 bits per heavy atom. The van der Waals surface area contributed by atoms with E-state index < -0.39 is 12.1 Å². The fraction of sp³-hybridized carbons (Fsp3) is 0.533. The van der Waals surface area contributed by atoms with Crippen LogP contribution in [0.5, 0.6) is 5.75 Å². The number of fused-ring (bicyclic) bond motifs is 3. The van der Waals surface area contributed by atoms with Gasteiger partial charge in [0.2, 0.25) is 0 Å². The zero-order chi connectivity index (χ0) is 16.1. The smallest absolute Gasteiger partial charge is 0.405 e. The normalized spacial score (nSPS) is 24.5. The third-order valence-corrected chi connectivity index (χ3v) is 4.25. The molecule has 0 aliphatic carbocycles. The van der Waals surface area contributed by atoms with Crippen LogP contribution in [-0.2, 0) is 0 Å². The second-order valence-electron chi connectivity index (χ2n) is 5.97. The maximum Gasteiger partial charge on any atom is 0.573 e. The molecule has 1 N–H and O–H groups in total. The average molecular weight is 314 g/mol. The SMILES string of the molecule is CC(C)[C@H]1CNC[C@H]2c3cccc(OC(F)(F)F)c3C(=O)N12. The second-order valence-corrected chi connectivity index (χ2v) is 5.97. The number of nitrogens with one attached hydrogen (secondary N) is 1. The lowest BCUT2D eigenvalue weighted by atomic mass is 9.97. The molecule has 1 aromatic rings. The van der Waals surface area contributed by atoms with Crippen LogP contribution in [0.15, 0.2) is 18.2 Å². The summed E-state index contributed by atoms with van der Waals surface area (Å²) >= 11 is 0. The summed E-state index contributed by atoms with van der Waals surface area (Å²) in [5.74, 6) is -0.576. The summed E-state index contributed by atoms with van der Waals surface area (Å²) in [6.07, 6.45) is -4.81. The molecule has 1 amide bonds. The number of ether oxygens (including phenoxy) is 1. The van der Waals surface area contributed by atoms with Gasteiger partial charge in [-0.1, -0.05) is 26.0 Å². The van der Waals surface area contributed by atoms with Crippen molar-refractivity contribution in [2.24, 2.45) is 5.92 Å². The van der Waals surface area contributed by atoms with E-state index in [4.69, 9.17) is 0 Å². The predicted octanol–water partition coefficient (Wildman–Crippen LogP) is 2.71. The van der Waals surface area contributed by atoms with Crippen LogP contribution in [0.3, 0.4) is 0 Å². The van der Waals surface area contributed by atoms with Crippen molar-refractivity contribution in [1.29, 1.82) is 0 Å². The maximum absolute atomic E-state index is 12.7. The molecule has 0 aromatic heterocycles. The number of carbonyl (C=O) groups excluding carboxylic acids is 1. The summed E-state index contributed by atoms with van der Waals surface area (Å²) < 4.78 is 41.7. The molecule has 3 rings (SSSR count). The highest BCUT2D eigenvalue weighted by Crippen LogP contribution is 2.42. The highest BCUT2D eigenvalue weighted by atomic mass is 19.4. The number of amides is 1. The molecule has 2 heterocycles. The molecule has 0 unspecified atom stereocenters. The van der Waals surface area contributed by atoms with E-state index in [0.717, 1.165) is 0 Å². The van der Waals surface area contributed by atoms with Gasteiger partial charge >= 0.3 is 6.36 Å². The first-order valence-corrected chi connectivity index (χ1v) is 7.21. The summed E-state index contributed by atoms with van der Waals surface area (Å²) in [5.41, 5.74) is 0.642. The van der Waals surface area contributed by atoms with Crippen molar-refractivity contribution in [2.45, 2.75) is 32.3 Å². The van der Waals surface area contributed by atoms with Gasteiger partial charge in [-0.2, -0.15) is 0 Å². The number of alkyl halides is 3. The van der Waals surface area contributed by atoms with Crippen LogP contribution in [0, 0.1) is 5.92 Å². The lowest BCUT2D eigenvalue weighted by molar-refractivity contribution is -0.274. The monoisotopic (exact) mass is 314 g/mol. The summed E-state index contributed by atoms with van der Waals surface area (Å²) in [4.78, 5) is 14.4. The Bertz CT molecular complexity index is 601. The van der Waals surface area contributed by atoms with Gasteiger partial charge in [-0.3, -0.25) is 4.79 Å². The van der Waals surface area contributed by atoms with Crippen LogP contribution < -0.4 is 10.1 Å². The third-order valence-electron chi connectivity index (χ3n) is 4.25. The minimum absolute atomic E-state index is 0.0409. The Morgan fingerprint density at radius 3 is 2.68 bits per heavy atom. The number of hydrogen-bond donors (Lipinski definition) is 1. The molecule has 2 atom stereocenters. The average Bonchev–Trinajstić information content (AvgIpc) is 2.72. The second kappa shape index (κ2) is 5.15. The van der Waals surface area contributed by atoms with Crippen molar-refractivity contribution >= 4 is 5.91 Å². The number of carbonyl (C=O) groups is 1. The van der Waals surface area contributed by atoms with Crippen molar-refractivity contribution in [1.82, 2.24) is 10.2 Å². The zero-order valence-corrected chi connectivity index (χ0v) is 12.3. The first kappa shape index (κ1) is 15.1. The predicted molar refractivity (Wildman–Crippen MR) is 73.5 cm³/mol. The van der Waals surface area contributed by atoms with Crippen LogP contribution in [0.1, 0.15) is 35.8 Å². The molecule has 1 saturated heterocycles. The van der Waals surface area contributed by atoms with E-state index in [1.54, 1.807) is 11.0 Å². The Labute approximate surface area is 126 Å². The van der Waals surface area contributed by atoms with E-state index in [2.05, 4.69) is 10.1 Å². The van der Waals surface area contributed by atoms with E-state index >= 15 is 0 Å². The molecule has 0 saturated carbocycles. The summed E-state index contributed by atoms with van der Waals surface area (Å²) in [6.45, 7) is 5.18. The number of rotatable bonds is 2. The molecule has 7 heteroatoms. The van der Waals surface area contributed by atoms with Gasteiger partial charge in [-0.05, 0) is 17.5 Å². The molecule has 1 aromatic carbocycles. The Balaban J connectivity index is 2.04. The van der Waals surface area contributed by atoms with Crippen LogP contribution in [0.4, 0.5) is 13.2 Å². The minimum Gasteiger partial charge on any atom is -0.405 e. The highest BCUT2D eigenvalue weighted by molar-refractivity contribution is 6.02. The first-order valence-electron chi connectivity index (χ1n) is 7.21. The lowest BCUT2D eigenvalue weighted by Gasteiger charge is -2.40. The summed E-state index contributed by atoms with van der Waals surface area (Å²) in [5, 5.41) is 3.26. The summed E-state index contributed by atoms with van der Waals surface area (Å²) in [7, 11) is 0. The number of benzene rings is 1. The van der Waals surface area contributed by atoms with Gasteiger partial charge < -0.3 is 15.0 Å². The van der Waals surface area contributed by atoms with Gasteiger partial charge in [0, 0.05) is 19.1 Å². The Morgan fingerprint density at radius 1 is 1.32 bits per heavy atom. The van der Waals surface area contributed by atoms with E-state index in [9.17, 15) is 18.0 Å². The quantitative estimate of drug-likeness (QED) is 0.912. The summed E-state index contributed by atoms with van der Waals surface area (Å²) in [6, 6.07) is 4.11. The molecular formula is C15H17F3N2O2. The molecule has 22 heavy (non-hydrogen) atoms. The molecule has 0 bridgehead atoms. The molecular weight excluding hydrogens is 297 g/mol. The zero-order valence-electron chi connectivity index (χ0n) is 12.3. The maximum atomic E-state index is 12.7. The van der Waals surface area contributed by atoms with Crippen LogP contribution in [-0.4, -0.2) is 36.3 Å². The van der Waals surface area contributed by atoms with Crippen molar-refractivity contribution in [2.75, 3.05) is 13.1 Å². The van der Waals surface area contributed by atoms with E-state index in [-0.39, 0.29) is 29.5 Å². The number of nitrogens with zero attached hydrogens (tertiary/aromatic N) is 1. The standard InChI is InChI=1S/C15H17F3N2O2/c1-8(2)10-6-19-7-11-9-4-3-5-12(22-15(16,17)18)13(9)14(21)20(10)11/h3-5,8,10-11,19H,6-7H2,1-2H3/t10-,11+/m1/s1. The van der Waals surface area contributed by atoms with Gasteiger partial charge in [0.25, 0.3) is 5.91 Å². The van der Waals surface area contributed by atoms with Gasteiger partial charge in [0.15, 0.2) is 0 Å². The van der Waals surface area contributed by atoms with E-state index in [0.29, 0.717) is 18.7 Å². The fourth-order valence-corrected chi connectivity index (χ4v) is 3.30. The van der Waals surface area contributed by atoms with Crippen LogP contribution >= 0.6 is 0 Å². The molecule has 1 fully saturated rings. The van der Waals surface area contributed by atoms with E-state index in [1.165, 1.54) is 12.1 Å². The molecule has 0 spiro atoms. The van der Waals surface area contributed by atoms with E-state index in [1.807, 2.05) is 13.8 Å². The van der Waals surface area contributed by atoms with Crippen molar-refractivity contribution in [3.8, 4) is 5.75 Å². The molecule has 2 aliphatic heterocycles. The highest BCUT2D eigenvalue weighted by Gasteiger charge is 2.46. The van der Waals surface area contributed by atoms with Gasteiger partial charge in [0.1, 0.15) is 5.75 Å². The largest absolute Gasteiger partial charge is 0.573 e. The van der Waals surface area contributed by atoms with Crippen molar-refractivity contribution in [3.63, 3.8) is 0 Å². The number of halogens is 3. The van der Waals surface area contributed by atoms with Gasteiger partial charge in [-0.25, -0.2) is 0 Å². The van der Waals surface area contributed by atoms with Crippen molar-refractivity contribution < 1.29 is 22.7 Å².